The fourth-order valence-corrected chi connectivity index (χ4v) is 3.00. The van der Waals surface area contributed by atoms with Crippen LogP contribution < -0.4 is 10.6 Å². The average molecular weight is 377 g/mol. The largest absolute Gasteiger partial charge is 0.356 e. The average Bonchev–Trinajstić information content (AvgIpc) is 2.48. The highest BCUT2D eigenvalue weighted by atomic mass is 79.9. The highest BCUT2D eigenvalue weighted by molar-refractivity contribution is 9.10. The Bertz CT molecular complexity index is 653. The molecule has 0 saturated carbocycles. The van der Waals surface area contributed by atoms with Crippen LogP contribution in [0.1, 0.15) is 36.1 Å². The Labute approximate surface area is 146 Å². The third kappa shape index (κ3) is 4.55. The molecule has 2 N–H and O–H groups in total. The molecule has 0 aliphatic carbocycles. The van der Waals surface area contributed by atoms with Gasteiger partial charge in [-0.3, -0.25) is 0 Å². The lowest BCUT2D eigenvalue weighted by Crippen LogP contribution is -2.32. The molecule has 2 rings (SSSR count). The van der Waals surface area contributed by atoms with E-state index in [0.717, 1.165) is 16.6 Å². The van der Waals surface area contributed by atoms with E-state index in [-0.39, 0.29) is 6.04 Å². The Morgan fingerprint density at radius 1 is 1.14 bits per heavy atom. The van der Waals surface area contributed by atoms with Gasteiger partial charge in [0.2, 0.25) is 0 Å². The lowest BCUT2D eigenvalue weighted by Gasteiger charge is -2.22. The van der Waals surface area contributed by atoms with Crippen molar-refractivity contribution >= 4 is 38.9 Å². The molecule has 0 aromatic heterocycles. The topological polar surface area (TPSA) is 24.1 Å². The van der Waals surface area contributed by atoms with Crippen LogP contribution in [-0.4, -0.2) is 5.11 Å². The van der Waals surface area contributed by atoms with Gasteiger partial charge in [0, 0.05) is 10.2 Å². The number of hydrogen-bond donors (Lipinski definition) is 2. The zero-order valence-corrected chi connectivity index (χ0v) is 15.5. The van der Waals surface area contributed by atoms with E-state index in [2.05, 4.69) is 65.5 Å². The number of halogens is 1. The minimum Gasteiger partial charge on any atom is -0.356 e. The number of rotatable bonds is 4. The van der Waals surface area contributed by atoms with E-state index < -0.39 is 0 Å². The van der Waals surface area contributed by atoms with Gasteiger partial charge >= 0.3 is 0 Å². The molecule has 0 radical (unpaired) electrons. The number of benzene rings is 2. The van der Waals surface area contributed by atoms with Crippen LogP contribution >= 0.6 is 28.1 Å². The van der Waals surface area contributed by atoms with E-state index in [9.17, 15) is 0 Å². The van der Waals surface area contributed by atoms with Crippen LogP contribution in [0.2, 0.25) is 0 Å². The van der Waals surface area contributed by atoms with Crippen molar-refractivity contribution in [2.45, 2.75) is 33.2 Å². The summed E-state index contributed by atoms with van der Waals surface area (Å²) in [6, 6.07) is 14.7. The monoisotopic (exact) mass is 376 g/mol. The van der Waals surface area contributed by atoms with E-state index in [1.165, 1.54) is 16.7 Å². The Morgan fingerprint density at radius 3 is 2.41 bits per heavy atom. The van der Waals surface area contributed by atoms with E-state index in [1.54, 1.807) is 0 Å². The van der Waals surface area contributed by atoms with Gasteiger partial charge in [0.05, 0.1) is 6.04 Å². The molecule has 0 heterocycles. The van der Waals surface area contributed by atoms with E-state index in [4.69, 9.17) is 12.2 Å². The first-order valence-corrected chi connectivity index (χ1v) is 8.60. The molecule has 0 aliphatic heterocycles. The van der Waals surface area contributed by atoms with Crippen LogP contribution in [0, 0.1) is 13.8 Å². The molecule has 116 valence electrons. The standard InChI is InChI=1S/C18H21BrN2S/c1-4-17(16-10-5-12(2)11-13(16)3)21-18(22)20-15-8-6-14(19)7-9-15/h5-11,17H,4H2,1-3H3,(H2,20,21,22)/t17-/m1/s1. The van der Waals surface area contributed by atoms with Gasteiger partial charge in [0.1, 0.15) is 0 Å². The minimum atomic E-state index is 0.219. The Balaban J connectivity index is 2.06. The van der Waals surface area contributed by atoms with Gasteiger partial charge < -0.3 is 10.6 Å². The molecule has 2 aromatic rings. The first-order valence-electron chi connectivity index (χ1n) is 7.40. The quantitative estimate of drug-likeness (QED) is 0.688. The van der Waals surface area contributed by atoms with E-state index >= 15 is 0 Å². The molecule has 2 nitrogen and oxygen atoms in total. The lowest BCUT2D eigenvalue weighted by atomic mass is 9.98. The smallest absolute Gasteiger partial charge is 0.171 e. The molecular formula is C18H21BrN2S. The molecule has 2 aromatic carbocycles. The van der Waals surface area contributed by atoms with Gasteiger partial charge in [-0.2, -0.15) is 0 Å². The van der Waals surface area contributed by atoms with Crippen molar-refractivity contribution in [2.24, 2.45) is 0 Å². The summed E-state index contributed by atoms with van der Waals surface area (Å²) in [4.78, 5) is 0. The summed E-state index contributed by atoms with van der Waals surface area (Å²) in [7, 11) is 0. The maximum Gasteiger partial charge on any atom is 0.171 e. The highest BCUT2D eigenvalue weighted by Gasteiger charge is 2.13. The van der Waals surface area contributed by atoms with Crippen LogP contribution in [0.25, 0.3) is 0 Å². The van der Waals surface area contributed by atoms with Crippen LogP contribution in [0.3, 0.4) is 0 Å². The molecule has 0 amide bonds. The summed E-state index contributed by atoms with van der Waals surface area (Å²) in [6.45, 7) is 6.43. The third-order valence-electron chi connectivity index (χ3n) is 3.62. The van der Waals surface area contributed by atoms with Crippen molar-refractivity contribution in [3.63, 3.8) is 0 Å². The number of anilines is 1. The van der Waals surface area contributed by atoms with Gasteiger partial charge in [-0.05, 0) is 67.9 Å². The fourth-order valence-electron chi connectivity index (χ4n) is 2.47. The number of aryl methyl sites for hydroxylation is 2. The summed E-state index contributed by atoms with van der Waals surface area (Å²) in [6.07, 6.45) is 0.978. The first-order chi connectivity index (χ1) is 10.5. The molecule has 0 aliphatic rings. The molecular weight excluding hydrogens is 356 g/mol. The second-order valence-electron chi connectivity index (χ2n) is 5.43. The predicted molar refractivity (Wildman–Crippen MR) is 102 cm³/mol. The summed E-state index contributed by atoms with van der Waals surface area (Å²) < 4.78 is 1.05. The van der Waals surface area contributed by atoms with Crippen molar-refractivity contribution in [3.8, 4) is 0 Å². The van der Waals surface area contributed by atoms with Crippen molar-refractivity contribution in [1.29, 1.82) is 0 Å². The van der Waals surface area contributed by atoms with Gasteiger partial charge in [0.25, 0.3) is 0 Å². The predicted octanol–water partition coefficient (Wildman–Crippen LogP) is 5.50. The molecule has 22 heavy (non-hydrogen) atoms. The van der Waals surface area contributed by atoms with Gasteiger partial charge in [0.15, 0.2) is 5.11 Å². The van der Waals surface area contributed by atoms with Gasteiger partial charge in [-0.25, -0.2) is 0 Å². The minimum absolute atomic E-state index is 0.219. The first kappa shape index (κ1) is 17.0. The fraction of sp³-hybridized carbons (Fsp3) is 0.278. The molecule has 1 atom stereocenters. The van der Waals surface area contributed by atoms with E-state index in [1.807, 2.05) is 24.3 Å². The second kappa shape index (κ2) is 7.75. The zero-order valence-electron chi connectivity index (χ0n) is 13.1. The number of thiocarbonyl (C=S) groups is 1. The summed E-state index contributed by atoms with van der Waals surface area (Å²) in [5.74, 6) is 0. The number of nitrogens with one attached hydrogen (secondary N) is 2. The SMILES string of the molecule is CC[C@@H](NC(=S)Nc1ccc(Br)cc1)c1ccc(C)cc1C. The third-order valence-corrected chi connectivity index (χ3v) is 4.36. The Hall–Kier alpha value is -1.39. The van der Waals surface area contributed by atoms with Gasteiger partial charge in [-0.1, -0.05) is 46.6 Å². The Kier molecular flexibility index (Phi) is 5.98. The van der Waals surface area contributed by atoms with Crippen LogP contribution in [0.5, 0.6) is 0 Å². The molecule has 0 unspecified atom stereocenters. The summed E-state index contributed by atoms with van der Waals surface area (Å²) >= 11 is 8.88. The molecule has 0 bridgehead atoms. The van der Waals surface area contributed by atoms with Crippen molar-refractivity contribution in [2.75, 3.05) is 5.32 Å². The van der Waals surface area contributed by atoms with Crippen LogP contribution in [0.15, 0.2) is 46.9 Å². The van der Waals surface area contributed by atoms with Crippen molar-refractivity contribution in [3.05, 3.63) is 63.6 Å². The summed E-state index contributed by atoms with van der Waals surface area (Å²) in [5.41, 5.74) is 4.86. The van der Waals surface area contributed by atoms with E-state index in [0.29, 0.717) is 5.11 Å². The molecule has 0 saturated heterocycles. The second-order valence-corrected chi connectivity index (χ2v) is 6.75. The maximum absolute atomic E-state index is 5.45. The van der Waals surface area contributed by atoms with Crippen molar-refractivity contribution in [1.82, 2.24) is 5.32 Å². The van der Waals surface area contributed by atoms with Crippen LogP contribution in [0.4, 0.5) is 5.69 Å². The maximum atomic E-state index is 5.45. The normalized spacial score (nSPS) is 11.8. The van der Waals surface area contributed by atoms with Crippen LogP contribution in [-0.2, 0) is 0 Å². The molecule has 4 heteroatoms. The number of hydrogen-bond acceptors (Lipinski definition) is 1. The van der Waals surface area contributed by atoms with Gasteiger partial charge in [-0.15, -0.1) is 0 Å². The lowest BCUT2D eigenvalue weighted by molar-refractivity contribution is 0.625. The Morgan fingerprint density at radius 2 is 1.82 bits per heavy atom. The summed E-state index contributed by atoms with van der Waals surface area (Å²) in [5, 5.41) is 7.30. The zero-order chi connectivity index (χ0) is 16.1. The van der Waals surface area contributed by atoms with Crippen molar-refractivity contribution < 1.29 is 0 Å². The molecule has 0 spiro atoms. The molecule has 0 fully saturated rings. The highest BCUT2D eigenvalue weighted by Crippen LogP contribution is 2.22.